The van der Waals surface area contributed by atoms with Crippen LogP contribution in [0.25, 0.3) is 0 Å². The van der Waals surface area contributed by atoms with Gasteiger partial charge in [-0.25, -0.2) is 0 Å². The molecule has 1 aliphatic carbocycles. The van der Waals surface area contributed by atoms with Crippen molar-refractivity contribution in [3.05, 3.63) is 36.0 Å². The minimum atomic E-state index is -0.409. The first-order valence-corrected chi connectivity index (χ1v) is 4.18. The molecule has 1 rings (SSSR count). The lowest BCUT2D eigenvalue weighted by Gasteiger charge is -2.12. The average Bonchev–Trinajstić information content (AvgIpc) is 2.10. The molecule has 0 fully saturated rings. The Hall–Kier alpha value is -0.820. The Labute approximate surface area is 77.4 Å². The van der Waals surface area contributed by atoms with Gasteiger partial charge in [-0.1, -0.05) is 44.2 Å². The first-order chi connectivity index (χ1) is 5.51. The highest BCUT2D eigenvalue weighted by atomic mass is 35.5. The van der Waals surface area contributed by atoms with Crippen molar-refractivity contribution in [3.63, 3.8) is 0 Å². The topological polar surface area (TPSA) is 17.1 Å². The average molecular weight is 183 g/mol. The molecule has 0 amide bonds. The van der Waals surface area contributed by atoms with Gasteiger partial charge in [0, 0.05) is 11.0 Å². The van der Waals surface area contributed by atoms with Gasteiger partial charge in [-0.2, -0.15) is 0 Å². The van der Waals surface area contributed by atoms with Crippen molar-refractivity contribution in [3.8, 4) is 0 Å². The van der Waals surface area contributed by atoms with Crippen LogP contribution in [0.3, 0.4) is 0 Å². The SMILES string of the molecule is CC1(C)C=CC=C(C(=O)Cl)C=C1. The van der Waals surface area contributed by atoms with Crippen molar-refractivity contribution in [2.75, 3.05) is 0 Å². The van der Waals surface area contributed by atoms with Crippen LogP contribution < -0.4 is 0 Å². The first-order valence-electron chi connectivity index (χ1n) is 3.80. The van der Waals surface area contributed by atoms with Crippen molar-refractivity contribution >= 4 is 16.8 Å². The highest BCUT2D eigenvalue weighted by Gasteiger charge is 2.12. The molecule has 1 aliphatic rings. The van der Waals surface area contributed by atoms with Crippen LogP contribution >= 0.6 is 11.6 Å². The summed E-state index contributed by atoms with van der Waals surface area (Å²) in [6.45, 7) is 4.13. The number of rotatable bonds is 1. The Morgan fingerprint density at radius 1 is 1.42 bits per heavy atom. The van der Waals surface area contributed by atoms with Crippen LogP contribution in [0.1, 0.15) is 13.8 Å². The molecule has 0 N–H and O–H groups in total. The zero-order chi connectivity index (χ0) is 9.19. The molecule has 0 radical (unpaired) electrons. The van der Waals surface area contributed by atoms with E-state index in [-0.39, 0.29) is 5.41 Å². The fourth-order valence-corrected chi connectivity index (χ4v) is 1.07. The Kier molecular flexibility index (Phi) is 2.53. The normalized spacial score (nSPS) is 20.1. The molecular weight excluding hydrogens is 172 g/mol. The van der Waals surface area contributed by atoms with E-state index in [1.54, 1.807) is 12.2 Å². The predicted molar refractivity (Wildman–Crippen MR) is 51.0 cm³/mol. The maximum absolute atomic E-state index is 10.8. The zero-order valence-electron chi connectivity index (χ0n) is 7.17. The van der Waals surface area contributed by atoms with Gasteiger partial charge in [0.2, 0.25) is 0 Å². The molecule has 1 nitrogen and oxygen atoms in total. The summed E-state index contributed by atoms with van der Waals surface area (Å²) in [6, 6.07) is 0. The molecule has 0 saturated carbocycles. The standard InChI is InChI=1S/C10H11ClO/c1-10(2)6-3-4-8(5-7-10)9(11)12/h3-7H,1-2H3. The number of hydrogen-bond acceptors (Lipinski definition) is 1. The van der Waals surface area contributed by atoms with E-state index in [0.29, 0.717) is 5.57 Å². The number of carbonyl (C=O) groups excluding carboxylic acids is 1. The van der Waals surface area contributed by atoms with Crippen molar-refractivity contribution in [2.24, 2.45) is 5.41 Å². The third-order valence-corrected chi connectivity index (χ3v) is 1.94. The van der Waals surface area contributed by atoms with Gasteiger partial charge in [0.25, 0.3) is 5.24 Å². The molecule has 2 heteroatoms. The minimum absolute atomic E-state index is 0.00455. The highest BCUT2D eigenvalue weighted by molar-refractivity contribution is 6.68. The predicted octanol–water partition coefficient (Wildman–Crippen LogP) is 2.83. The maximum atomic E-state index is 10.8. The van der Waals surface area contributed by atoms with E-state index in [4.69, 9.17) is 11.6 Å². The van der Waals surface area contributed by atoms with Crippen molar-refractivity contribution in [2.45, 2.75) is 13.8 Å². The summed E-state index contributed by atoms with van der Waals surface area (Å²) in [5.41, 5.74) is 0.545. The summed E-state index contributed by atoms with van der Waals surface area (Å²) < 4.78 is 0. The lowest BCUT2D eigenvalue weighted by Crippen LogP contribution is -2.00. The molecule has 64 valence electrons. The second kappa shape index (κ2) is 3.28. The molecule has 0 atom stereocenters. The largest absolute Gasteiger partial charge is 0.276 e. The van der Waals surface area contributed by atoms with Gasteiger partial charge in [-0.15, -0.1) is 0 Å². The van der Waals surface area contributed by atoms with Crippen molar-refractivity contribution in [1.82, 2.24) is 0 Å². The number of hydrogen-bond donors (Lipinski definition) is 0. The van der Waals surface area contributed by atoms with E-state index in [9.17, 15) is 4.79 Å². The minimum Gasteiger partial charge on any atom is -0.276 e. The van der Waals surface area contributed by atoms with Crippen molar-refractivity contribution in [1.29, 1.82) is 0 Å². The van der Waals surface area contributed by atoms with Crippen LogP contribution in [0.5, 0.6) is 0 Å². The molecule has 0 spiro atoms. The van der Waals surface area contributed by atoms with Gasteiger partial charge in [0.1, 0.15) is 0 Å². The number of allylic oxidation sites excluding steroid dienone is 6. The molecule has 0 unspecified atom stereocenters. The summed E-state index contributed by atoms with van der Waals surface area (Å²) in [6.07, 6.45) is 9.32. The number of carbonyl (C=O) groups is 1. The van der Waals surface area contributed by atoms with E-state index in [2.05, 4.69) is 13.8 Å². The van der Waals surface area contributed by atoms with E-state index >= 15 is 0 Å². The van der Waals surface area contributed by atoms with Gasteiger partial charge in [0.15, 0.2) is 0 Å². The van der Waals surface area contributed by atoms with E-state index in [1.165, 1.54) is 0 Å². The Morgan fingerprint density at radius 2 is 2.08 bits per heavy atom. The molecule has 0 aromatic heterocycles. The van der Waals surface area contributed by atoms with E-state index in [1.807, 2.05) is 18.2 Å². The zero-order valence-corrected chi connectivity index (χ0v) is 7.93. The van der Waals surface area contributed by atoms with Gasteiger partial charge < -0.3 is 0 Å². The molecule has 0 saturated heterocycles. The smallest absolute Gasteiger partial charge is 0.252 e. The van der Waals surface area contributed by atoms with Crippen LogP contribution in [-0.4, -0.2) is 5.24 Å². The quantitative estimate of drug-likeness (QED) is 0.570. The van der Waals surface area contributed by atoms with Gasteiger partial charge in [-0.3, -0.25) is 4.79 Å². The first kappa shape index (κ1) is 9.27. The molecule has 0 aromatic carbocycles. The van der Waals surface area contributed by atoms with Crippen LogP contribution in [-0.2, 0) is 4.79 Å². The lowest BCUT2D eigenvalue weighted by atomic mass is 9.93. The Balaban J connectivity index is 2.94. The third kappa shape index (κ3) is 2.35. The van der Waals surface area contributed by atoms with Crippen LogP contribution in [0, 0.1) is 5.41 Å². The summed E-state index contributed by atoms with van der Waals surface area (Å²) in [5, 5.41) is -0.409. The maximum Gasteiger partial charge on any atom is 0.252 e. The molecule has 0 heterocycles. The van der Waals surface area contributed by atoms with Crippen LogP contribution in [0.15, 0.2) is 36.0 Å². The van der Waals surface area contributed by atoms with E-state index < -0.39 is 5.24 Å². The monoisotopic (exact) mass is 182 g/mol. The van der Waals surface area contributed by atoms with E-state index in [0.717, 1.165) is 0 Å². The fourth-order valence-electron chi connectivity index (χ4n) is 0.946. The molecular formula is C10H11ClO. The molecule has 0 aliphatic heterocycles. The molecule has 0 aromatic rings. The molecule has 0 bridgehead atoms. The van der Waals surface area contributed by atoms with Crippen LogP contribution in [0.4, 0.5) is 0 Å². The third-order valence-electron chi connectivity index (χ3n) is 1.72. The van der Waals surface area contributed by atoms with Gasteiger partial charge >= 0.3 is 0 Å². The Bertz CT molecular complexity index is 282. The summed E-state index contributed by atoms with van der Waals surface area (Å²) in [7, 11) is 0. The van der Waals surface area contributed by atoms with Crippen molar-refractivity contribution < 1.29 is 4.79 Å². The second-order valence-electron chi connectivity index (χ2n) is 3.41. The van der Waals surface area contributed by atoms with Gasteiger partial charge in [0.05, 0.1) is 0 Å². The summed E-state index contributed by atoms with van der Waals surface area (Å²) in [5.74, 6) is 0. The highest BCUT2D eigenvalue weighted by Crippen LogP contribution is 2.23. The van der Waals surface area contributed by atoms with Gasteiger partial charge in [-0.05, 0) is 11.6 Å². The fraction of sp³-hybridized carbons (Fsp3) is 0.300. The van der Waals surface area contributed by atoms with Crippen LogP contribution in [0.2, 0.25) is 0 Å². The summed E-state index contributed by atoms with van der Waals surface area (Å²) in [4.78, 5) is 10.8. The number of halogens is 1. The summed E-state index contributed by atoms with van der Waals surface area (Å²) >= 11 is 5.33. The second-order valence-corrected chi connectivity index (χ2v) is 3.75. The Morgan fingerprint density at radius 3 is 2.67 bits per heavy atom. The lowest BCUT2D eigenvalue weighted by molar-refractivity contribution is -0.108. The molecule has 12 heavy (non-hydrogen) atoms.